The van der Waals surface area contributed by atoms with Crippen LogP contribution in [-0.4, -0.2) is 104 Å². The Kier molecular flexibility index (Phi) is 13.2. The minimum atomic E-state index is -1.81. The van der Waals surface area contributed by atoms with E-state index in [9.17, 15) is 20.1 Å². The molecule has 1 aromatic rings. The molecule has 0 radical (unpaired) electrons. The Hall–Kier alpha value is -0.630. The number of carbonyl (C=O) groups is 1. The van der Waals surface area contributed by atoms with Gasteiger partial charge in [0, 0.05) is 0 Å². The van der Waals surface area contributed by atoms with E-state index in [0.717, 1.165) is 10.6 Å². The molecule has 0 aliphatic heterocycles. The number of aliphatic hydroxyl groups is 3. The zero-order valence-corrected chi connectivity index (χ0v) is 12.7. The molecule has 10 nitrogen and oxygen atoms in total. The van der Waals surface area contributed by atoms with E-state index in [4.69, 9.17) is 15.4 Å². The van der Waals surface area contributed by atoms with Crippen molar-refractivity contribution in [3.63, 3.8) is 0 Å². The third kappa shape index (κ3) is 8.53. The molecule has 0 heterocycles. The van der Waals surface area contributed by atoms with Crippen molar-refractivity contribution in [1.29, 1.82) is 0 Å². The van der Waals surface area contributed by atoms with Crippen LogP contribution in [0.25, 0.3) is 0 Å². The predicted molar refractivity (Wildman–Crippen MR) is 85.3 cm³/mol. The summed E-state index contributed by atoms with van der Waals surface area (Å²) in [6.07, 6.45) is -6.41. The Labute approximate surface area is 166 Å². The molecule has 1 amide bonds. The van der Waals surface area contributed by atoms with Crippen LogP contribution >= 0.6 is 0 Å². The first-order valence-corrected chi connectivity index (χ1v) is 7.03. The molecule has 0 fully saturated rings. The SMILES string of the molecule is O=CN(C[C@H](O)[C@H](O)[C@H](O)C(COO)OO)OCc1ccccc1.[NaH]. The molecule has 0 aliphatic rings. The van der Waals surface area contributed by atoms with E-state index in [-0.39, 0.29) is 36.2 Å². The number of hydrogen-bond acceptors (Lipinski definition) is 9. The fourth-order valence-corrected chi connectivity index (χ4v) is 1.86. The Morgan fingerprint density at radius 3 is 2.24 bits per heavy atom. The maximum atomic E-state index is 11.0. The first-order valence-electron chi connectivity index (χ1n) is 7.03. The van der Waals surface area contributed by atoms with Crippen LogP contribution in [-0.2, 0) is 26.0 Å². The van der Waals surface area contributed by atoms with Crippen LogP contribution in [0.15, 0.2) is 30.3 Å². The number of hydroxylamine groups is 2. The monoisotopic (exact) mass is 371 g/mol. The molecule has 1 unspecified atom stereocenters. The van der Waals surface area contributed by atoms with E-state index < -0.39 is 37.6 Å². The topological polar surface area (TPSA) is 149 Å². The number of rotatable bonds is 12. The Balaban J connectivity index is 0.00000576. The molecule has 0 saturated heterocycles. The summed E-state index contributed by atoms with van der Waals surface area (Å²) < 4.78 is 0. The Morgan fingerprint density at radius 1 is 1.08 bits per heavy atom. The first-order chi connectivity index (χ1) is 11.5. The van der Waals surface area contributed by atoms with Crippen molar-refractivity contribution in [2.75, 3.05) is 13.2 Å². The summed E-state index contributed by atoms with van der Waals surface area (Å²) >= 11 is 0. The minimum absolute atomic E-state index is 0. The molecule has 11 heteroatoms. The molecule has 0 saturated carbocycles. The summed E-state index contributed by atoms with van der Waals surface area (Å²) in [4.78, 5) is 23.7. The molecular formula is C14H22NNaO9. The van der Waals surface area contributed by atoms with Crippen LogP contribution in [0.4, 0.5) is 0 Å². The fraction of sp³-hybridized carbons (Fsp3) is 0.500. The molecule has 0 aromatic heterocycles. The normalized spacial score (nSPS) is 15.6. The van der Waals surface area contributed by atoms with E-state index in [1.165, 1.54) is 0 Å². The van der Waals surface area contributed by atoms with Crippen molar-refractivity contribution in [3.8, 4) is 0 Å². The predicted octanol–water partition coefficient (Wildman–Crippen LogP) is -1.64. The standard InChI is InChI=1S/C14H21NO9.Na.H/c16-9-15(22-7-10-4-2-1-3-5-10)6-11(17)13(18)14(19)12(24-21)8-23-20;;/h1-5,9,11-14,17-21H,6-8H2;;/t11-,12?,13-,14+;;/m0../s1. The van der Waals surface area contributed by atoms with E-state index >= 15 is 0 Å². The molecule has 0 spiro atoms. The molecule has 25 heavy (non-hydrogen) atoms. The van der Waals surface area contributed by atoms with Crippen LogP contribution in [0.1, 0.15) is 5.56 Å². The van der Waals surface area contributed by atoms with Crippen LogP contribution in [0.5, 0.6) is 0 Å². The number of amides is 1. The molecule has 1 rings (SSSR count). The number of carbonyl (C=O) groups excluding carboxylic acids is 1. The van der Waals surface area contributed by atoms with E-state index in [2.05, 4.69) is 9.78 Å². The van der Waals surface area contributed by atoms with E-state index in [0.29, 0.717) is 6.41 Å². The van der Waals surface area contributed by atoms with Gasteiger partial charge in [0.05, 0.1) is 6.54 Å². The van der Waals surface area contributed by atoms with Gasteiger partial charge in [-0.1, -0.05) is 30.3 Å². The van der Waals surface area contributed by atoms with Gasteiger partial charge in [0.25, 0.3) is 0 Å². The van der Waals surface area contributed by atoms with Crippen molar-refractivity contribution < 1.29 is 45.2 Å². The van der Waals surface area contributed by atoms with Gasteiger partial charge < -0.3 is 15.3 Å². The zero-order valence-electron chi connectivity index (χ0n) is 12.7. The van der Waals surface area contributed by atoms with Gasteiger partial charge in [-0.15, -0.1) is 0 Å². The second-order valence-corrected chi connectivity index (χ2v) is 4.95. The molecule has 0 aliphatic carbocycles. The third-order valence-electron chi connectivity index (χ3n) is 3.22. The molecule has 138 valence electrons. The second-order valence-electron chi connectivity index (χ2n) is 4.95. The number of benzene rings is 1. The van der Waals surface area contributed by atoms with Crippen LogP contribution in [0.2, 0.25) is 0 Å². The van der Waals surface area contributed by atoms with Gasteiger partial charge in [0.1, 0.15) is 37.6 Å². The second kappa shape index (κ2) is 13.6. The number of nitrogens with zero attached hydrogens (tertiary/aromatic N) is 1. The summed E-state index contributed by atoms with van der Waals surface area (Å²) in [6.45, 7) is -1.04. The average Bonchev–Trinajstić information content (AvgIpc) is 2.62. The summed E-state index contributed by atoms with van der Waals surface area (Å²) in [7, 11) is 0. The number of aliphatic hydroxyl groups excluding tert-OH is 3. The Bertz CT molecular complexity index is 467. The molecular weight excluding hydrogens is 349 g/mol. The first kappa shape index (κ1) is 24.4. The molecule has 0 bridgehead atoms. The average molecular weight is 371 g/mol. The van der Waals surface area contributed by atoms with Crippen molar-refractivity contribution in [2.24, 2.45) is 0 Å². The van der Waals surface area contributed by atoms with Crippen molar-refractivity contribution in [2.45, 2.75) is 31.0 Å². The molecule has 1 aromatic carbocycles. The number of hydrogen-bond donors (Lipinski definition) is 5. The molecule has 4 atom stereocenters. The van der Waals surface area contributed by atoms with Gasteiger partial charge in [0.2, 0.25) is 6.41 Å². The molecule has 5 N–H and O–H groups in total. The summed E-state index contributed by atoms with van der Waals surface area (Å²) in [5.41, 5.74) is 0.785. The van der Waals surface area contributed by atoms with Crippen LogP contribution in [0.3, 0.4) is 0 Å². The third-order valence-corrected chi connectivity index (χ3v) is 3.22. The van der Waals surface area contributed by atoms with Gasteiger partial charge in [-0.25, -0.2) is 14.8 Å². The van der Waals surface area contributed by atoms with E-state index in [1.54, 1.807) is 24.3 Å². The van der Waals surface area contributed by atoms with Gasteiger partial charge >= 0.3 is 29.6 Å². The fourth-order valence-electron chi connectivity index (χ4n) is 1.86. The van der Waals surface area contributed by atoms with Crippen LogP contribution < -0.4 is 0 Å². The van der Waals surface area contributed by atoms with Gasteiger partial charge in [0.15, 0.2) is 0 Å². The van der Waals surface area contributed by atoms with Gasteiger partial charge in [-0.3, -0.25) is 20.1 Å². The zero-order chi connectivity index (χ0) is 17.9. The maximum absolute atomic E-state index is 11.0. The summed E-state index contributed by atoms with van der Waals surface area (Å²) in [5, 5.41) is 47.0. The van der Waals surface area contributed by atoms with E-state index in [1.807, 2.05) is 6.07 Å². The summed E-state index contributed by atoms with van der Waals surface area (Å²) in [6, 6.07) is 8.94. The van der Waals surface area contributed by atoms with Crippen molar-refractivity contribution in [3.05, 3.63) is 35.9 Å². The Morgan fingerprint density at radius 2 is 1.72 bits per heavy atom. The van der Waals surface area contributed by atoms with Gasteiger partial charge in [-0.2, -0.15) is 0 Å². The van der Waals surface area contributed by atoms with Crippen molar-refractivity contribution in [1.82, 2.24) is 5.06 Å². The summed E-state index contributed by atoms with van der Waals surface area (Å²) in [5.74, 6) is 0. The quantitative estimate of drug-likeness (QED) is 0.126. The van der Waals surface area contributed by atoms with Crippen molar-refractivity contribution >= 4 is 36.0 Å². The van der Waals surface area contributed by atoms with Crippen LogP contribution in [0, 0.1) is 0 Å². The van der Waals surface area contributed by atoms with Gasteiger partial charge in [-0.05, 0) is 5.56 Å².